The first-order chi connectivity index (χ1) is 8.58. The predicted molar refractivity (Wildman–Crippen MR) is 70.5 cm³/mol. The van der Waals surface area contributed by atoms with E-state index in [9.17, 15) is 9.90 Å². The van der Waals surface area contributed by atoms with Gasteiger partial charge < -0.3 is 10.4 Å². The van der Waals surface area contributed by atoms with Gasteiger partial charge in [-0.1, -0.05) is 0 Å². The highest BCUT2D eigenvalue weighted by molar-refractivity contribution is 9.10. The Morgan fingerprint density at radius 1 is 1.39 bits per heavy atom. The number of carbonyl (C=O) groups is 1. The minimum absolute atomic E-state index is 0.155. The minimum Gasteiger partial charge on any atom is -0.505 e. The Morgan fingerprint density at radius 3 is 2.83 bits per heavy atom. The summed E-state index contributed by atoms with van der Waals surface area (Å²) in [5.41, 5.74) is 1.46. The number of rotatable bonds is 2. The van der Waals surface area contributed by atoms with E-state index in [1.165, 1.54) is 18.5 Å². The van der Waals surface area contributed by atoms with E-state index in [4.69, 9.17) is 0 Å². The maximum atomic E-state index is 11.9. The molecule has 0 spiro atoms. The van der Waals surface area contributed by atoms with Crippen molar-refractivity contribution >= 4 is 27.5 Å². The summed E-state index contributed by atoms with van der Waals surface area (Å²) in [5, 5.41) is 12.2. The van der Waals surface area contributed by atoms with Gasteiger partial charge in [-0.05, 0) is 41.1 Å². The summed E-state index contributed by atoms with van der Waals surface area (Å²) in [5.74, 6) is -0.556. The van der Waals surface area contributed by atoms with Crippen LogP contribution < -0.4 is 5.32 Å². The van der Waals surface area contributed by atoms with Gasteiger partial charge in [0.2, 0.25) is 0 Å². The molecule has 92 valence electrons. The third-order valence-corrected chi connectivity index (χ3v) is 2.79. The number of aryl methyl sites for hydroxylation is 1. The molecular weight excluding hydrogens is 298 g/mol. The average molecular weight is 308 g/mol. The number of aromatic hydroxyl groups is 1. The Labute approximate surface area is 112 Å². The zero-order chi connectivity index (χ0) is 13.1. The van der Waals surface area contributed by atoms with E-state index in [2.05, 4.69) is 31.2 Å². The van der Waals surface area contributed by atoms with Crippen molar-refractivity contribution in [2.75, 3.05) is 5.32 Å². The third-order valence-electron chi connectivity index (χ3n) is 2.34. The zero-order valence-corrected chi connectivity index (χ0v) is 11.1. The Bertz CT molecular complexity index is 602. The second kappa shape index (κ2) is 5.14. The first-order valence-electron chi connectivity index (χ1n) is 5.15. The van der Waals surface area contributed by atoms with E-state index in [0.29, 0.717) is 16.0 Å². The van der Waals surface area contributed by atoms with Crippen molar-refractivity contribution in [1.82, 2.24) is 9.97 Å². The van der Waals surface area contributed by atoms with Crippen LogP contribution in [0.2, 0.25) is 0 Å². The molecule has 0 atom stereocenters. The van der Waals surface area contributed by atoms with Gasteiger partial charge in [0.1, 0.15) is 10.4 Å². The Kier molecular flexibility index (Phi) is 3.57. The second-order valence-electron chi connectivity index (χ2n) is 3.61. The van der Waals surface area contributed by atoms with Gasteiger partial charge in [0.05, 0.1) is 23.1 Å². The van der Waals surface area contributed by atoms with E-state index < -0.39 is 5.91 Å². The van der Waals surface area contributed by atoms with Gasteiger partial charge in [-0.25, -0.2) is 4.98 Å². The smallest absolute Gasteiger partial charge is 0.259 e. The topological polar surface area (TPSA) is 75.1 Å². The predicted octanol–water partition coefficient (Wildman–Crippen LogP) is 2.51. The van der Waals surface area contributed by atoms with E-state index in [1.54, 1.807) is 19.1 Å². The highest BCUT2D eigenvalue weighted by Gasteiger charge is 2.12. The van der Waals surface area contributed by atoms with Gasteiger partial charge in [-0.3, -0.25) is 9.78 Å². The lowest BCUT2D eigenvalue weighted by molar-refractivity contribution is 0.102. The van der Waals surface area contributed by atoms with Crippen LogP contribution in [0.25, 0.3) is 0 Å². The average Bonchev–Trinajstić information content (AvgIpc) is 2.33. The molecule has 5 nitrogen and oxygen atoms in total. The number of amides is 1. The summed E-state index contributed by atoms with van der Waals surface area (Å²) < 4.78 is 0.699. The largest absolute Gasteiger partial charge is 0.505 e. The molecule has 0 saturated heterocycles. The molecule has 0 aliphatic rings. The molecule has 0 aliphatic heterocycles. The summed E-state index contributed by atoms with van der Waals surface area (Å²) in [6.07, 6.45) is 2.67. The molecule has 0 aromatic carbocycles. The van der Waals surface area contributed by atoms with Gasteiger partial charge in [0, 0.05) is 6.20 Å². The fourth-order valence-electron chi connectivity index (χ4n) is 1.43. The summed E-state index contributed by atoms with van der Waals surface area (Å²) >= 11 is 3.25. The van der Waals surface area contributed by atoms with Crippen LogP contribution in [0.5, 0.6) is 5.75 Å². The Morgan fingerprint density at radius 2 is 2.17 bits per heavy atom. The van der Waals surface area contributed by atoms with Crippen LogP contribution in [0, 0.1) is 6.92 Å². The Hall–Kier alpha value is -1.95. The van der Waals surface area contributed by atoms with Crippen molar-refractivity contribution in [2.45, 2.75) is 6.92 Å². The van der Waals surface area contributed by atoms with Crippen molar-refractivity contribution in [3.05, 3.63) is 46.5 Å². The number of hydrogen-bond acceptors (Lipinski definition) is 4. The molecule has 0 bridgehead atoms. The highest BCUT2D eigenvalue weighted by atomic mass is 79.9. The van der Waals surface area contributed by atoms with Crippen LogP contribution in [0.3, 0.4) is 0 Å². The van der Waals surface area contributed by atoms with E-state index in [1.807, 2.05) is 0 Å². The molecule has 18 heavy (non-hydrogen) atoms. The van der Waals surface area contributed by atoms with Gasteiger partial charge in [0.25, 0.3) is 5.91 Å². The molecule has 0 radical (unpaired) electrons. The van der Waals surface area contributed by atoms with Crippen molar-refractivity contribution in [3.63, 3.8) is 0 Å². The van der Waals surface area contributed by atoms with Crippen molar-refractivity contribution in [2.24, 2.45) is 0 Å². The molecule has 2 heterocycles. The number of anilines is 1. The molecule has 0 unspecified atom stereocenters. The van der Waals surface area contributed by atoms with Crippen LogP contribution in [-0.4, -0.2) is 21.0 Å². The lowest BCUT2D eigenvalue weighted by Crippen LogP contribution is -2.13. The number of halogens is 1. The molecule has 2 N–H and O–H groups in total. The van der Waals surface area contributed by atoms with Gasteiger partial charge in [0.15, 0.2) is 0 Å². The number of hydrogen-bond donors (Lipinski definition) is 2. The number of nitrogens with zero attached hydrogens (tertiary/aromatic N) is 2. The monoisotopic (exact) mass is 307 g/mol. The van der Waals surface area contributed by atoms with E-state index in [0.717, 1.165) is 0 Å². The molecular formula is C12H10BrN3O2. The number of aromatic nitrogens is 2. The quantitative estimate of drug-likeness (QED) is 0.836. The SMILES string of the molecule is Cc1nc(Br)ccc1NC(=O)c1ccncc1O. The summed E-state index contributed by atoms with van der Waals surface area (Å²) in [6, 6.07) is 4.92. The Balaban J connectivity index is 2.24. The first kappa shape index (κ1) is 12.5. The molecule has 2 rings (SSSR count). The molecule has 0 fully saturated rings. The highest BCUT2D eigenvalue weighted by Crippen LogP contribution is 2.19. The van der Waals surface area contributed by atoms with Gasteiger partial charge >= 0.3 is 0 Å². The number of nitrogens with one attached hydrogen (secondary N) is 1. The first-order valence-corrected chi connectivity index (χ1v) is 5.94. The summed E-state index contributed by atoms with van der Waals surface area (Å²) in [4.78, 5) is 19.8. The van der Waals surface area contributed by atoms with E-state index in [-0.39, 0.29) is 11.3 Å². The van der Waals surface area contributed by atoms with Crippen molar-refractivity contribution in [3.8, 4) is 5.75 Å². The summed E-state index contributed by atoms with van der Waals surface area (Å²) in [7, 11) is 0. The van der Waals surface area contributed by atoms with Crippen LogP contribution in [0.15, 0.2) is 35.2 Å². The second-order valence-corrected chi connectivity index (χ2v) is 4.43. The van der Waals surface area contributed by atoms with Gasteiger partial charge in [-0.2, -0.15) is 0 Å². The maximum Gasteiger partial charge on any atom is 0.259 e. The number of pyridine rings is 2. The maximum absolute atomic E-state index is 11.9. The van der Waals surface area contributed by atoms with E-state index >= 15 is 0 Å². The van der Waals surface area contributed by atoms with Crippen LogP contribution >= 0.6 is 15.9 Å². The van der Waals surface area contributed by atoms with Crippen LogP contribution in [0.1, 0.15) is 16.1 Å². The molecule has 1 amide bonds. The van der Waals surface area contributed by atoms with Gasteiger partial charge in [-0.15, -0.1) is 0 Å². The molecule has 0 aliphatic carbocycles. The molecule has 2 aromatic heterocycles. The minimum atomic E-state index is -0.401. The van der Waals surface area contributed by atoms with Crippen molar-refractivity contribution in [1.29, 1.82) is 0 Å². The van der Waals surface area contributed by atoms with Crippen LogP contribution in [0.4, 0.5) is 5.69 Å². The lowest BCUT2D eigenvalue weighted by atomic mass is 10.2. The molecule has 2 aromatic rings. The standard InChI is InChI=1S/C12H10BrN3O2/c1-7-9(2-3-11(13)15-7)16-12(18)8-4-5-14-6-10(8)17/h2-6,17H,1H3,(H,16,18). The zero-order valence-electron chi connectivity index (χ0n) is 9.51. The molecule has 6 heteroatoms. The third kappa shape index (κ3) is 2.65. The molecule has 0 saturated carbocycles. The summed E-state index contributed by atoms with van der Waals surface area (Å²) in [6.45, 7) is 1.78. The fraction of sp³-hybridized carbons (Fsp3) is 0.0833. The lowest BCUT2D eigenvalue weighted by Gasteiger charge is -2.08. The van der Waals surface area contributed by atoms with Crippen LogP contribution in [-0.2, 0) is 0 Å². The fourth-order valence-corrected chi connectivity index (χ4v) is 1.83. The normalized spacial score (nSPS) is 10.1. The number of carbonyl (C=O) groups excluding carboxylic acids is 1. The van der Waals surface area contributed by atoms with Crippen molar-refractivity contribution < 1.29 is 9.90 Å².